The van der Waals surface area contributed by atoms with Crippen LogP contribution in [0.3, 0.4) is 0 Å². The number of nitrogens with zero attached hydrogens (tertiary/aromatic N) is 2. The van der Waals surface area contributed by atoms with Gasteiger partial charge >= 0.3 is 12.1 Å². The van der Waals surface area contributed by atoms with Gasteiger partial charge in [0.1, 0.15) is 11.4 Å². The number of carboxylic acids is 1. The van der Waals surface area contributed by atoms with E-state index >= 15 is 0 Å². The third-order valence-corrected chi connectivity index (χ3v) is 3.72. The van der Waals surface area contributed by atoms with Crippen LogP contribution in [0.1, 0.15) is 39.4 Å². The average molecular weight is 309 g/mol. The quantitative estimate of drug-likeness (QED) is 0.867. The van der Waals surface area contributed by atoms with Gasteiger partial charge in [0.05, 0.1) is 6.54 Å². The molecule has 2 N–H and O–H groups in total. The minimum absolute atomic E-state index is 0.0979. The maximum absolute atomic E-state index is 12.1. The zero-order valence-electron chi connectivity index (χ0n) is 13.4. The fourth-order valence-corrected chi connectivity index (χ4v) is 2.47. The predicted molar refractivity (Wildman–Crippen MR) is 79.4 cm³/mol. The summed E-state index contributed by atoms with van der Waals surface area (Å²) in [5, 5.41) is 12.4. The van der Waals surface area contributed by atoms with Gasteiger partial charge in [-0.3, -0.25) is 0 Å². The smallest absolute Gasteiger partial charge is 0.408 e. The molecule has 122 valence electrons. The molecule has 1 heterocycles. The second-order valence-electron chi connectivity index (χ2n) is 6.78. The number of amides is 1. The van der Waals surface area contributed by atoms with Gasteiger partial charge in [0, 0.05) is 12.4 Å². The molecule has 0 bridgehead atoms. The van der Waals surface area contributed by atoms with Crippen molar-refractivity contribution in [3.05, 3.63) is 18.2 Å². The molecule has 1 amide bonds. The maximum atomic E-state index is 12.1. The van der Waals surface area contributed by atoms with Gasteiger partial charge in [0.15, 0.2) is 5.54 Å². The number of rotatable bonds is 5. The first kappa shape index (κ1) is 16.3. The van der Waals surface area contributed by atoms with Gasteiger partial charge in [-0.05, 0) is 46.5 Å². The number of alkyl carbamates (subject to hydrolysis) is 1. The fraction of sp³-hybridized carbons (Fsp3) is 0.667. The Balaban J connectivity index is 2.24. The summed E-state index contributed by atoms with van der Waals surface area (Å²) in [5.41, 5.74) is -2.05. The SMILES string of the molecule is Cc1nccn1CC(NC(=O)OC(C)(C)C)(C(=O)O)C1CC1. The third kappa shape index (κ3) is 3.58. The van der Waals surface area contributed by atoms with Gasteiger partial charge in [0.2, 0.25) is 0 Å². The van der Waals surface area contributed by atoms with Crippen molar-refractivity contribution < 1.29 is 19.4 Å². The number of ether oxygens (including phenoxy) is 1. The molecule has 0 aliphatic heterocycles. The van der Waals surface area contributed by atoms with Crippen LogP contribution in [0.2, 0.25) is 0 Å². The van der Waals surface area contributed by atoms with Crippen molar-refractivity contribution >= 4 is 12.1 Å². The van der Waals surface area contributed by atoms with E-state index in [-0.39, 0.29) is 12.5 Å². The van der Waals surface area contributed by atoms with Gasteiger partial charge in [-0.1, -0.05) is 0 Å². The molecule has 1 unspecified atom stereocenters. The number of imidazole rings is 1. The molecule has 0 saturated heterocycles. The van der Waals surface area contributed by atoms with E-state index in [0.29, 0.717) is 5.82 Å². The highest BCUT2D eigenvalue weighted by molar-refractivity contribution is 5.85. The van der Waals surface area contributed by atoms with E-state index < -0.39 is 23.2 Å². The summed E-state index contributed by atoms with van der Waals surface area (Å²) < 4.78 is 6.97. The zero-order valence-corrected chi connectivity index (χ0v) is 13.4. The van der Waals surface area contributed by atoms with E-state index in [1.54, 1.807) is 44.7 Å². The Labute approximate surface area is 129 Å². The Bertz CT molecular complexity index is 572. The van der Waals surface area contributed by atoms with Crippen molar-refractivity contribution in [3.63, 3.8) is 0 Å². The van der Waals surface area contributed by atoms with E-state index in [4.69, 9.17) is 4.74 Å². The summed E-state index contributed by atoms with van der Waals surface area (Å²) in [4.78, 5) is 28.1. The lowest BCUT2D eigenvalue weighted by atomic mass is 9.93. The van der Waals surface area contributed by atoms with Crippen LogP contribution >= 0.6 is 0 Å². The molecule has 1 aromatic rings. The Morgan fingerprint density at radius 1 is 1.45 bits per heavy atom. The molecule has 1 atom stereocenters. The molecule has 1 fully saturated rings. The van der Waals surface area contributed by atoms with Crippen LogP contribution in [-0.4, -0.2) is 37.9 Å². The highest BCUT2D eigenvalue weighted by atomic mass is 16.6. The van der Waals surface area contributed by atoms with Crippen LogP contribution in [0.5, 0.6) is 0 Å². The van der Waals surface area contributed by atoms with E-state index in [1.165, 1.54) is 0 Å². The number of nitrogens with one attached hydrogen (secondary N) is 1. The predicted octanol–water partition coefficient (Wildman–Crippen LogP) is 1.95. The summed E-state index contributed by atoms with van der Waals surface area (Å²) in [6.07, 6.45) is 4.17. The van der Waals surface area contributed by atoms with Crippen LogP contribution in [0.25, 0.3) is 0 Å². The largest absolute Gasteiger partial charge is 0.479 e. The molecule has 1 aromatic heterocycles. The first-order valence-electron chi connectivity index (χ1n) is 7.36. The Morgan fingerprint density at radius 2 is 2.09 bits per heavy atom. The van der Waals surface area contributed by atoms with E-state index in [1.807, 2.05) is 0 Å². The molecule has 22 heavy (non-hydrogen) atoms. The van der Waals surface area contributed by atoms with Crippen molar-refractivity contribution in [3.8, 4) is 0 Å². The van der Waals surface area contributed by atoms with Crippen LogP contribution in [0.4, 0.5) is 4.79 Å². The second-order valence-corrected chi connectivity index (χ2v) is 6.78. The van der Waals surface area contributed by atoms with Crippen LogP contribution in [-0.2, 0) is 16.1 Å². The molecule has 2 rings (SSSR count). The Hall–Kier alpha value is -2.05. The normalized spacial score (nSPS) is 17.6. The lowest BCUT2D eigenvalue weighted by Crippen LogP contribution is -2.59. The second kappa shape index (κ2) is 5.62. The molecule has 1 saturated carbocycles. The first-order valence-corrected chi connectivity index (χ1v) is 7.36. The lowest BCUT2D eigenvalue weighted by molar-refractivity contribution is -0.146. The van der Waals surface area contributed by atoms with Crippen molar-refractivity contribution in [1.82, 2.24) is 14.9 Å². The highest BCUT2D eigenvalue weighted by Crippen LogP contribution is 2.41. The Kier molecular flexibility index (Phi) is 4.17. The minimum Gasteiger partial charge on any atom is -0.479 e. The maximum Gasteiger partial charge on any atom is 0.408 e. The summed E-state index contributed by atoms with van der Waals surface area (Å²) in [6, 6.07) is 0. The number of aromatic nitrogens is 2. The van der Waals surface area contributed by atoms with Crippen LogP contribution in [0, 0.1) is 12.8 Å². The van der Waals surface area contributed by atoms with Crippen molar-refractivity contribution in [2.24, 2.45) is 5.92 Å². The zero-order chi connectivity index (χ0) is 16.5. The summed E-state index contributed by atoms with van der Waals surface area (Å²) in [6.45, 7) is 7.16. The number of hydrogen-bond donors (Lipinski definition) is 2. The monoisotopic (exact) mass is 309 g/mol. The lowest BCUT2D eigenvalue weighted by Gasteiger charge is -2.32. The molecule has 1 aliphatic carbocycles. The summed E-state index contributed by atoms with van der Waals surface area (Å²) in [5.74, 6) is -0.439. The number of aryl methyl sites for hydroxylation is 1. The molecule has 1 aliphatic rings. The van der Waals surface area contributed by atoms with Gasteiger partial charge in [-0.25, -0.2) is 14.6 Å². The standard InChI is InChI=1S/C15H23N3O4/c1-10-16-7-8-18(10)9-15(12(19)20,11-5-6-11)17-13(21)22-14(2,3)4/h7-8,11H,5-6,9H2,1-4H3,(H,17,21)(H,19,20). The topological polar surface area (TPSA) is 93.5 Å². The third-order valence-electron chi connectivity index (χ3n) is 3.72. The van der Waals surface area contributed by atoms with Crippen molar-refractivity contribution in [2.45, 2.75) is 58.2 Å². The number of carbonyl (C=O) groups excluding carboxylic acids is 1. The van der Waals surface area contributed by atoms with Gasteiger partial charge in [-0.2, -0.15) is 0 Å². The number of carbonyl (C=O) groups is 2. The molecule has 7 nitrogen and oxygen atoms in total. The summed E-state index contributed by atoms with van der Waals surface area (Å²) >= 11 is 0. The molecule has 7 heteroatoms. The molecular formula is C15H23N3O4. The number of aliphatic carboxylic acids is 1. The molecule has 0 radical (unpaired) electrons. The van der Waals surface area contributed by atoms with E-state index in [2.05, 4.69) is 10.3 Å². The molecular weight excluding hydrogens is 286 g/mol. The van der Waals surface area contributed by atoms with Crippen molar-refractivity contribution in [1.29, 1.82) is 0 Å². The molecule has 0 aromatic carbocycles. The van der Waals surface area contributed by atoms with Gasteiger partial charge < -0.3 is 19.7 Å². The van der Waals surface area contributed by atoms with Crippen molar-refractivity contribution in [2.75, 3.05) is 0 Å². The summed E-state index contributed by atoms with van der Waals surface area (Å²) in [7, 11) is 0. The minimum atomic E-state index is -1.37. The van der Waals surface area contributed by atoms with E-state index in [9.17, 15) is 14.7 Å². The van der Waals surface area contributed by atoms with Crippen LogP contribution in [0.15, 0.2) is 12.4 Å². The average Bonchev–Trinajstić information content (AvgIpc) is 3.12. The number of hydrogen-bond acceptors (Lipinski definition) is 4. The fourth-order valence-electron chi connectivity index (χ4n) is 2.47. The van der Waals surface area contributed by atoms with Gasteiger partial charge in [-0.15, -0.1) is 0 Å². The Morgan fingerprint density at radius 3 is 2.50 bits per heavy atom. The first-order chi connectivity index (χ1) is 10.1. The number of carboxylic acid groups (broad SMARTS) is 1. The van der Waals surface area contributed by atoms with Crippen LogP contribution < -0.4 is 5.32 Å². The molecule has 0 spiro atoms. The highest BCUT2D eigenvalue weighted by Gasteiger charge is 2.53. The van der Waals surface area contributed by atoms with E-state index in [0.717, 1.165) is 12.8 Å². The van der Waals surface area contributed by atoms with Gasteiger partial charge in [0.25, 0.3) is 0 Å².